The summed E-state index contributed by atoms with van der Waals surface area (Å²) in [5.41, 5.74) is 1.78. The van der Waals surface area contributed by atoms with E-state index in [9.17, 15) is 19.7 Å². The molecule has 9 nitrogen and oxygen atoms in total. The third-order valence-corrected chi connectivity index (χ3v) is 4.28. The Bertz CT molecular complexity index is 859. The van der Waals surface area contributed by atoms with Gasteiger partial charge < -0.3 is 15.2 Å². The van der Waals surface area contributed by atoms with Crippen LogP contribution >= 0.6 is 0 Å². The molecule has 2 amide bonds. The summed E-state index contributed by atoms with van der Waals surface area (Å²) in [5.74, 6) is -1.59. The Morgan fingerprint density at radius 2 is 1.96 bits per heavy atom. The highest BCUT2D eigenvalue weighted by molar-refractivity contribution is 6.39. The quantitative estimate of drug-likeness (QED) is 0.454. The van der Waals surface area contributed by atoms with E-state index in [1.54, 1.807) is 6.92 Å². The van der Waals surface area contributed by atoms with Crippen LogP contribution in [0.5, 0.6) is 0 Å². The molecule has 0 fully saturated rings. The van der Waals surface area contributed by atoms with Gasteiger partial charge in [0, 0.05) is 43.3 Å². The van der Waals surface area contributed by atoms with E-state index in [2.05, 4.69) is 10.6 Å². The summed E-state index contributed by atoms with van der Waals surface area (Å²) in [6.07, 6.45) is 1.91. The van der Waals surface area contributed by atoms with Crippen LogP contribution in [0.25, 0.3) is 0 Å². The standard InChI is InChI=1S/C18H23N5O4/c1-12-10-13(23(26)27)7-8-14(12)20-18(25)17(24)19-11-16(21(2)3)15-6-5-9-22(15)4/h5-10,16H,11H2,1-4H3,(H,19,24)(H,20,25). The van der Waals surface area contributed by atoms with Crippen LogP contribution in [0, 0.1) is 17.0 Å². The molecule has 2 N–H and O–H groups in total. The monoisotopic (exact) mass is 373 g/mol. The number of carbonyl (C=O) groups excluding carboxylic acids is 2. The molecule has 9 heteroatoms. The largest absolute Gasteiger partial charge is 0.353 e. The highest BCUT2D eigenvalue weighted by atomic mass is 16.6. The van der Waals surface area contributed by atoms with Crippen molar-refractivity contribution in [1.29, 1.82) is 0 Å². The van der Waals surface area contributed by atoms with Crippen molar-refractivity contribution in [3.8, 4) is 0 Å². The molecule has 0 aliphatic heterocycles. The fourth-order valence-corrected chi connectivity index (χ4v) is 2.72. The molecule has 0 aliphatic carbocycles. The van der Waals surface area contributed by atoms with E-state index in [0.29, 0.717) is 11.3 Å². The van der Waals surface area contributed by atoms with Gasteiger partial charge in [0.1, 0.15) is 0 Å². The van der Waals surface area contributed by atoms with Crippen LogP contribution in [0.2, 0.25) is 0 Å². The highest BCUT2D eigenvalue weighted by Crippen LogP contribution is 2.21. The molecule has 0 bridgehead atoms. The number of hydrogen-bond donors (Lipinski definition) is 2. The average Bonchev–Trinajstić information content (AvgIpc) is 3.02. The molecular weight excluding hydrogens is 350 g/mol. The first kappa shape index (κ1) is 20.1. The van der Waals surface area contributed by atoms with Gasteiger partial charge in [0.15, 0.2) is 0 Å². The van der Waals surface area contributed by atoms with Gasteiger partial charge in [-0.25, -0.2) is 0 Å². The van der Waals surface area contributed by atoms with Crippen molar-refractivity contribution in [3.63, 3.8) is 0 Å². The van der Waals surface area contributed by atoms with Crippen molar-refractivity contribution in [1.82, 2.24) is 14.8 Å². The summed E-state index contributed by atoms with van der Waals surface area (Å²) >= 11 is 0. The molecule has 0 saturated heterocycles. The minimum absolute atomic E-state index is 0.0775. The van der Waals surface area contributed by atoms with E-state index in [-0.39, 0.29) is 18.3 Å². The Morgan fingerprint density at radius 3 is 2.48 bits per heavy atom. The number of nitro groups is 1. The van der Waals surface area contributed by atoms with Crippen LogP contribution in [0.4, 0.5) is 11.4 Å². The van der Waals surface area contributed by atoms with Crippen LogP contribution in [0.15, 0.2) is 36.5 Å². The molecular formula is C18H23N5O4. The Kier molecular flexibility index (Phi) is 6.30. The lowest BCUT2D eigenvalue weighted by Gasteiger charge is -2.25. The fraction of sp³-hybridized carbons (Fsp3) is 0.333. The van der Waals surface area contributed by atoms with E-state index < -0.39 is 16.7 Å². The van der Waals surface area contributed by atoms with Crippen molar-refractivity contribution in [2.24, 2.45) is 7.05 Å². The normalized spacial score (nSPS) is 11.9. The van der Waals surface area contributed by atoms with E-state index in [0.717, 1.165) is 5.69 Å². The van der Waals surface area contributed by atoms with Gasteiger partial charge in [-0.05, 0) is 44.8 Å². The van der Waals surface area contributed by atoms with E-state index in [1.807, 2.05) is 48.9 Å². The molecule has 0 spiro atoms. The van der Waals surface area contributed by atoms with Gasteiger partial charge in [-0.3, -0.25) is 24.6 Å². The first-order valence-corrected chi connectivity index (χ1v) is 8.32. The van der Waals surface area contributed by atoms with Gasteiger partial charge in [-0.15, -0.1) is 0 Å². The lowest BCUT2D eigenvalue weighted by Crippen LogP contribution is -2.40. The Hall–Kier alpha value is -3.20. The van der Waals surface area contributed by atoms with Crippen LogP contribution in [0.1, 0.15) is 17.3 Å². The van der Waals surface area contributed by atoms with Gasteiger partial charge in [-0.2, -0.15) is 0 Å². The van der Waals surface area contributed by atoms with Crippen molar-refractivity contribution in [2.75, 3.05) is 26.0 Å². The van der Waals surface area contributed by atoms with Crippen molar-refractivity contribution in [2.45, 2.75) is 13.0 Å². The number of nitro benzene ring substituents is 1. The van der Waals surface area contributed by atoms with Crippen LogP contribution in [-0.2, 0) is 16.6 Å². The molecule has 2 aromatic rings. The molecule has 144 valence electrons. The number of nitrogens with one attached hydrogen (secondary N) is 2. The van der Waals surface area contributed by atoms with Crippen molar-refractivity contribution < 1.29 is 14.5 Å². The summed E-state index contributed by atoms with van der Waals surface area (Å²) in [6, 6.07) is 7.80. The first-order chi connectivity index (χ1) is 12.7. The number of aryl methyl sites for hydroxylation is 2. The number of aromatic nitrogens is 1. The zero-order valence-corrected chi connectivity index (χ0v) is 15.7. The molecule has 0 aliphatic rings. The number of rotatable bonds is 6. The maximum absolute atomic E-state index is 12.2. The number of amides is 2. The number of benzene rings is 1. The fourth-order valence-electron chi connectivity index (χ4n) is 2.72. The SMILES string of the molecule is Cc1cc([N+](=O)[O-])ccc1NC(=O)C(=O)NCC(c1cccn1C)N(C)C. The smallest absolute Gasteiger partial charge is 0.313 e. The number of non-ortho nitro benzene ring substituents is 1. The summed E-state index contributed by atoms with van der Waals surface area (Å²) in [7, 11) is 5.70. The van der Waals surface area contributed by atoms with Gasteiger partial charge in [-0.1, -0.05) is 0 Å². The topological polar surface area (TPSA) is 110 Å². The molecule has 1 aromatic heterocycles. The van der Waals surface area contributed by atoms with Crippen molar-refractivity contribution >= 4 is 23.2 Å². The Morgan fingerprint density at radius 1 is 1.26 bits per heavy atom. The maximum Gasteiger partial charge on any atom is 0.313 e. The number of hydrogen-bond acceptors (Lipinski definition) is 5. The third-order valence-electron chi connectivity index (χ3n) is 4.28. The van der Waals surface area contributed by atoms with E-state index >= 15 is 0 Å². The molecule has 1 aromatic carbocycles. The zero-order valence-electron chi connectivity index (χ0n) is 15.7. The predicted octanol–water partition coefficient (Wildman–Crippen LogP) is 1.60. The average molecular weight is 373 g/mol. The molecule has 2 rings (SSSR count). The summed E-state index contributed by atoms with van der Waals surface area (Å²) in [6.45, 7) is 1.88. The predicted molar refractivity (Wildman–Crippen MR) is 101 cm³/mol. The van der Waals surface area contributed by atoms with Gasteiger partial charge in [0.2, 0.25) is 0 Å². The molecule has 1 heterocycles. The van der Waals surface area contributed by atoms with Gasteiger partial charge in [0.05, 0.1) is 11.0 Å². The van der Waals surface area contributed by atoms with Crippen LogP contribution in [-0.4, -0.2) is 46.8 Å². The molecule has 0 saturated carbocycles. The van der Waals surface area contributed by atoms with Gasteiger partial charge in [0.25, 0.3) is 5.69 Å². The Balaban J connectivity index is 2.00. The van der Waals surface area contributed by atoms with Crippen LogP contribution in [0.3, 0.4) is 0 Å². The summed E-state index contributed by atoms with van der Waals surface area (Å²) in [5, 5.41) is 15.9. The lowest BCUT2D eigenvalue weighted by atomic mass is 10.1. The summed E-state index contributed by atoms with van der Waals surface area (Å²) in [4.78, 5) is 36.5. The molecule has 0 radical (unpaired) electrons. The van der Waals surface area contributed by atoms with E-state index in [1.165, 1.54) is 18.2 Å². The Labute approximate surface area is 157 Å². The molecule has 1 atom stereocenters. The van der Waals surface area contributed by atoms with Crippen molar-refractivity contribution in [3.05, 3.63) is 57.9 Å². The number of carbonyl (C=O) groups is 2. The van der Waals surface area contributed by atoms with E-state index in [4.69, 9.17) is 0 Å². The second-order valence-electron chi connectivity index (χ2n) is 6.44. The number of nitrogens with zero attached hydrogens (tertiary/aromatic N) is 3. The van der Waals surface area contributed by atoms with Gasteiger partial charge >= 0.3 is 11.8 Å². The van der Waals surface area contributed by atoms with Crippen LogP contribution < -0.4 is 10.6 Å². The zero-order chi connectivity index (χ0) is 20.1. The number of anilines is 1. The molecule has 27 heavy (non-hydrogen) atoms. The minimum atomic E-state index is -0.823. The molecule has 1 unspecified atom stereocenters. The second-order valence-corrected chi connectivity index (χ2v) is 6.44. The lowest BCUT2D eigenvalue weighted by molar-refractivity contribution is -0.384. The summed E-state index contributed by atoms with van der Waals surface area (Å²) < 4.78 is 1.96. The number of likely N-dealkylation sites (N-methyl/N-ethyl adjacent to an activating group) is 1. The second kappa shape index (κ2) is 8.45. The minimum Gasteiger partial charge on any atom is -0.353 e. The first-order valence-electron chi connectivity index (χ1n) is 8.32. The third kappa shape index (κ3) is 4.91. The highest BCUT2D eigenvalue weighted by Gasteiger charge is 2.21. The maximum atomic E-state index is 12.2.